The molecule has 0 aliphatic rings. The predicted molar refractivity (Wildman–Crippen MR) is 35.3 cm³/mol. The lowest BCUT2D eigenvalue weighted by atomic mass is 10.7. The summed E-state index contributed by atoms with van der Waals surface area (Å²) in [5, 5.41) is 2.97. The molecular formula is C5H8N2S. The molecule has 0 fully saturated rings. The Balaban J connectivity index is 3.11. The smallest absolute Gasteiger partial charge is 0.121 e. The summed E-state index contributed by atoms with van der Waals surface area (Å²) in [7, 11) is 0. The molecule has 1 aromatic rings. The van der Waals surface area contributed by atoms with Crippen molar-refractivity contribution in [2.75, 3.05) is 0 Å². The molecular weight excluding hydrogens is 120 g/mol. The number of hydrogen-bond acceptors (Lipinski definition) is 1. The Morgan fingerprint density at radius 3 is 2.88 bits per heavy atom. The third-order valence-corrected chi connectivity index (χ3v) is 1.40. The van der Waals surface area contributed by atoms with E-state index in [0.29, 0.717) is 0 Å². The zero-order valence-electron chi connectivity index (χ0n) is 4.72. The second-order valence-corrected chi connectivity index (χ2v) is 1.96. The quantitative estimate of drug-likeness (QED) is 0.569. The Labute approximate surface area is 53.1 Å². The zero-order chi connectivity index (χ0) is 5.98. The van der Waals surface area contributed by atoms with Crippen LogP contribution in [0.4, 0.5) is 0 Å². The number of nitrogens with zero attached hydrogens (tertiary/aromatic N) is 1. The summed E-state index contributed by atoms with van der Waals surface area (Å²) in [6, 6.07) is 1.87. The van der Waals surface area contributed by atoms with Crippen molar-refractivity contribution in [3.63, 3.8) is 0 Å². The van der Waals surface area contributed by atoms with Crippen molar-refractivity contribution in [3.05, 3.63) is 16.9 Å². The van der Waals surface area contributed by atoms with E-state index in [1.54, 1.807) is 0 Å². The highest BCUT2D eigenvalue weighted by molar-refractivity contribution is 7.71. The fraction of sp³-hybridized carbons (Fsp3) is 0.400. The molecule has 8 heavy (non-hydrogen) atoms. The van der Waals surface area contributed by atoms with Gasteiger partial charge in [0.15, 0.2) is 0 Å². The molecule has 0 spiro atoms. The van der Waals surface area contributed by atoms with Gasteiger partial charge < -0.3 is 5.10 Å². The number of nitrogens with one attached hydrogen (secondary N) is 1. The summed E-state index contributed by atoms with van der Waals surface area (Å²) in [5.41, 5.74) is 0. The number of aromatic amines is 1. The van der Waals surface area contributed by atoms with Gasteiger partial charge in [-0.3, -0.25) is 4.68 Å². The second-order valence-electron chi connectivity index (χ2n) is 1.54. The van der Waals surface area contributed by atoms with Crippen molar-refractivity contribution in [2.24, 2.45) is 0 Å². The molecule has 0 atom stereocenters. The Morgan fingerprint density at radius 2 is 2.62 bits per heavy atom. The van der Waals surface area contributed by atoms with Crippen LogP contribution in [-0.2, 0) is 6.54 Å². The number of aromatic nitrogens is 2. The zero-order valence-corrected chi connectivity index (χ0v) is 5.53. The first-order chi connectivity index (χ1) is 3.84. The van der Waals surface area contributed by atoms with Gasteiger partial charge >= 0.3 is 0 Å². The minimum Gasteiger partial charge on any atom is -0.305 e. The minimum absolute atomic E-state index is 0.868. The molecule has 0 bridgehead atoms. The third-order valence-electron chi connectivity index (χ3n) is 1.04. The van der Waals surface area contributed by atoms with Gasteiger partial charge in [-0.25, -0.2) is 0 Å². The molecule has 0 amide bonds. The third kappa shape index (κ3) is 0.816. The summed E-state index contributed by atoms with van der Waals surface area (Å²) in [6.07, 6.45) is 1.84. The molecule has 0 radical (unpaired) electrons. The van der Waals surface area contributed by atoms with Crippen LogP contribution >= 0.6 is 12.2 Å². The van der Waals surface area contributed by atoms with Crippen LogP contribution in [0.2, 0.25) is 0 Å². The van der Waals surface area contributed by atoms with Crippen LogP contribution in [0.3, 0.4) is 0 Å². The molecule has 1 rings (SSSR count). The van der Waals surface area contributed by atoms with E-state index in [0.717, 1.165) is 11.2 Å². The van der Waals surface area contributed by atoms with Gasteiger partial charge in [0.1, 0.15) is 4.64 Å². The summed E-state index contributed by atoms with van der Waals surface area (Å²) in [6.45, 7) is 2.97. The number of hydrogen-bond donors (Lipinski definition) is 1. The highest BCUT2D eigenvalue weighted by Crippen LogP contribution is 1.87. The Morgan fingerprint density at radius 1 is 1.88 bits per heavy atom. The topological polar surface area (TPSA) is 20.7 Å². The van der Waals surface area contributed by atoms with Crippen molar-refractivity contribution in [3.8, 4) is 0 Å². The molecule has 0 saturated heterocycles. The van der Waals surface area contributed by atoms with Gasteiger partial charge in [-0.05, 0) is 13.0 Å². The first-order valence-electron chi connectivity index (χ1n) is 2.59. The van der Waals surface area contributed by atoms with Gasteiger partial charge in [0.2, 0.25) is 0 Å². The monoisotopic (exact) mass is 128 g/mol. The lowest BCUT2D eigenvalue weighted by Crippen LogP contribution is -1.94. The maximum atomic E-state index is 4.92. The molecule has 44 valence electrons. The van der Waals surface area contributed by atoms with E-state index in [1.165, 1.54) is 0 Å². The molecule has 0 saturated carbocycles. The maximum absolute atomic E-state index is 4.92. The van der Waals surface area contributed by atoms with E-state index >= 15 is 0 Å². The highest BCUT2D eigenvalue weighted by Gasteiger charge is 1.82. The van der Waals surface area contributed by atoms with E-state index in [4.69, 9.17) is 12.2 Å². The number of rotatable bonds is 1. The van der Waals surface area contributed by atoms with Crippen molar-refractivity contribution < 1.29 is 0 Å². The standard InChI is InChI=1S/C5H8N2S/c1-2-7-5(8)3-4-6-7/h3-4,6H,2H2,1H3. The van der Waals surface area contributed by atoms with Crippen LogP contribution in [0.5, 0.6) is 0 Å². The van der Waals surface area contributed by atoms with E-state index in [9.17, 15) is 0 Å². The van der Waals surface area contributed by atoms with Gasteiger partial charge in [-0.15, -0.1) is 0 Å². The van der Waals surface area contributed by atoms with Gasteiger partial charge in [0, 0.05) is 12.7 Å². The molecule has 0 aliphatic heterocycles. The van der Waals surface area contributed by atoms with Crippen molar-refractivity contribution in [1.29, 1.82) is 0 Å². The average molecular weight is 128 g/mol. The van der Waals surface area contributed by atoms with Crippen molar-refractivity contribution >= 4 is 12.2 Å². The minimum atomic E-state index is 0.868. The molecule has 1 N–H and O–H groups in total. The van der Waals surface area contributed by atoms with Crippen LogP contribution in [-0.4, -0.2) is 9.78 Å². The Kier molecular flexibility index (Phi) is 1.48. The lowest BCUT2D eigenvalue weighted by Gasteiger charge is -1.91. The average Bonchev–Trinajstić information content (AvgIpc) is 2.14. The number of H-pyrrole nitrogens is 1. The van der Waals surface area contributed by atoms with Crippen LogP contribution in [0.1, 0.15) is 6.92 Å². The van der Waals surface area contributed by atoms with Gasteiger partial charge in [-0.1, -0.05) is 12.2 Å². The first kappa shape index (κ1) is 5.56. The molecule has 1 aromatic heterocycles. The molecule has 0 unspecified atom stereocenters. The van der Waals surface area contributed by atoms with Gasteiger partial charge in [-0.2, -0.15) is 0 Å². The number of aryl methyl sites for hydroxylation is 1. The lowest BCUT2D eigenvalue weighted by molar-refractivity contribution is 0.651. The van der Waals surface area contributed by atoms with E-state index in [2.05, 4.69) is 5.10 Å². The van der Waals surface area contributed by atoms with E-state index in [1.807, 2.05) is 23.9 Å². The second kappa shape index (κ2) is 2.13. The van der Waals surface area contributed by atoms with Crippen LogP contribution in [0, 0.1) is 4.64 Å². The maximum Gasteiger partial charge on any atom is 0.121 e. The molecule has 1 heterocycles. The molecule has 3 heteroatoms. The SMILES string of the molecule is CCn1[nH]ccc1=S. The largest absolute Gasteiger partial charge is 0.305 e. The predicted octanol–water partition coefficient (Wildman–Crippen LogP) is 1.57. The summed E-state index contributed by atoms with van der Waals surface area (Å²) < 4.78 is 2.77. The Hall–Kier alpha value is -0.570. The van der Waals surface area contributed by atoms with E-state index < -0.39 is 0 Å². The first-order valence-corrected chi connectivity index (χ1v) is 2.99. The summed E-state index contributed by atoms with van der Waals surface area (Å²) >= 11 is 4.92. The van der Waals surface area contributed by atoms with E-state index in [-0.39, 0.29) is 0 Å². The molecule has 2 nitrogen and oxygen atoms in total. The fourth-order valence-corrected chi connectivity index (χ4v) is 0.849. The van der Waals surface area contributed by atoms with Crippen LogP contribution < -0.4 is 0 Å². The van der Waals surface area contributed by atoms with Gasteiger partial charge in [0.25, 0.3) is 0 Å². The van der Waals surface area contributed by atoms with Gasteiger partial charge in [0.05, 0.1) is 0 Å². The summed E-state index contributed by atoms with van der Waals surface area (Å²) in [5.74, 6) is 0. The summed E-state index contributed by atoms with van der Waals surface area (Å²) in [4.78, 5) is 0. The Bertz CT molecular complexity index is 210. The normalized spacial score (nSPS) is 9.62. The van der Waals surface area contributed by atoms with Crippen molar-refractivity contribution in [2.45, 2.75) is 13.5 Å². The molecule has 0 aromatic carbocycles. The molecule has 0 aliphatic carbocycles. The van der Waals surface area contributed by atoms with Crippen molar-refractivity contribution in [1.82, 2.24) is 9.78 Å². The highest BCUT2D eigenvalue weighted by atomic mass is 32.1. The fourth-order valence-electron chi connectivity index (χ4n) is 0.599. The van der Waals surface area contributed by atoms with Crippen LogP contribution in [0.15, 0.2) is 12.3 Å². The van der Waals surface area contributed by atoms with Crippen LogP contribution in [0.25, 0.3) is 0 Å².